The normalized spacial score (nSPS) is 17.6. The zero-order chi connectivity index (χ0) is 14.4. The minimum atomic E-state index is -0.511. The van der Waals surface area contributed by atoms with Gasteiger partial charge in [-0.15, -0.1) is 0 Å². The van der Waals surface area contributed by atoms with Crippen LogP contribution in [0.3, 0.4) is 0 Å². The minimum absolute atomic E-state index is 0.165. The molecule has 20 heavy (non-hydrogen) atoms. The molecule has 1 aliphatic rings. The van der Waals surface area contributed by atoms with E-state index in [1.165, 1.54) is 18.5 Å². The minimum Gasteiger partial charge on any atom is -0.384 e. The number of hydrogen-bond donors (Lipinski definition) is 3. The highest BCUT2D eigenvalue weighted by Gasteiger charge is 2.24. The van der Waals surface area contributed by atoms with E-state index in [2.05, 4.69) is 27.5 Å². The topological polar surface area (TPSA) is 91.3 Å². The van der Waals surface area contributed by atoms with Crippen molar-refractivity contribution < 1.29 is 14.7 Å². The molecule has 2 amide bonds. The van der Waals surface area contributed by atoms with Gasteiger partial charge in [-0.1, -0.05) is 11.8 Å². The van der Waals surface area contributed by atoms with Gasteiger partial charge in [0.05, 0.1) is 11.1 Å². The summed E-state index contributed by atoms with van der Waals surface area (Å²) >= 11 is 0. The van der Waals surface area contributed by atoms with Crippen molar-refractivity contribution in [1.29, 1.82) is 0 Å². The maximum absolute atomic E-state index is 12.2. The molecule has 3 N–H and O–H groups in total. The van der Waals surface area contributed by atoms with Crippen molar-refractivity contribution in [2.75, 3.05) is 13.2 Å². The van der Waals surface area contributed by atoms with Crippen LogP contribution in [0.1, 0.15) is 28.8 Å². The fourth-order valence-electron chi connectivity index (χ4n) is 1.97. The largest absolute Gasteiger partial charge is 0.384 e. The second-order valence-corrected chi connectivity index (χ2v) is 4.34. The first-order valence-corrected chi connectivity index (χ1v) is 6.34. The standard InChI is InChI=1S/C14H15N3O3/c18-8-2-3-10-9-15-7-5-11(10)13(19)17-12-4-1-6-16-14(12)20/h5,7,9,12,18H,1,4,6,8H2,(H,16,20)(H,17,19). The van der Waals surface area contributed by atoms with Crippen molar-refractivity contribution in [3.05, 3.63) is 29.6 Å². The number of piperidine rings is 1. The molecule has 0 saturated carbocycles. The Morgan fingerprint density at radius 3 is 3.20 bits per heavy atom. The van der Waals surface area contributed by atoms with Crippen LogP contribution in [-0.2, 0) is 4.79 Å². The predicted molar refractivity (Wildman–Crippen MR) is 71.7 cm³/mol. The molecule has 0 spiro atoms. The highest BCUT2D eigenvalue weighted by molar-refractivity contribution is 5.99. The number of carbonyl (C=O) groups is 2. The number of carbonyl (C=O) groups excluding carboxylic acids is 2. The number of aromatic nitrogens is 1. The Balaban J connectivity index is 2.14. The molecule has 1 aromatic heterocycles. The second kappa shape index (κ2) is 6.68. The number of nitrogens with zero attached hydrogens (tertiary/aromatic N) is 1. The van der Waals surface area contributed by atoms with E-state index >= 15 is 0 Å². The summed E-state index contributed by atoms with van der Waals surface area (Å²) in [6.45, 7) is 0.356. The molecular weight excluding hydrogens is 258 g/mol. The average molecular weight is 273 g/mol. The van der Waals surface area contributed by atoms with Crippen LogP contribution in [0, 0.1) is 11.8 Å². The van der Waals surface area contributed by atoms with E-state index in [9.17, 15) is 9.59 Å². The zero-order valence-electron chi connectivity index (χ0n) is 10.8. The lowest BCUT2D eigenvalue weighted by atomic mass is 10.1. The summed E-state index contributed by atoms with van der Waals surface area (Å²) in [6.07, 6.45) is 4.41. The van der Waals surface area contributed by atoms with E-state index in [0.29, 0.717) is 24.1 Å². The zero-order valence-corrected chi connectivity index (χ0v) is 10.8. The third kappa shape index (κ3) is 3.33. The van der Waals surface area contributed by atoms with E-state index < -0.39 is 6.04 Å². The number of aliphatic hydroxyl groups is 1. The SMILES string of the molecule is O=C(NC1CCCNC1=O)c1ccncc1C#CCO. The maximum Gasteiger partial charge on any atom is 0.253 e. The van der Waals surface area contributed by atoms with Gasteiger partial charge in [0.2, 0.25) is 5.91 Å². The summed E-state index contributed by atoms with van der Waals surface area (Å²) in [6, 6.07) is 1.03. The van der Waals surface area contributed by atoms with Crippen molar-refractivity contribution >= 4 is 11.8 Å². The predicted octanol–water partition coefficient (Wildman–Crippen LogP) is -0.566. The monoisotopic (exact) mass is 273 g/mol. The van der Waals surface area contributed by atoms with Gasteiger partial charge in [0.1, 0.15) is 12.6 Å². The highest BCUT2D eigenvalue weighted by Crippen LogP contribution is 2.08. The summed E-state index contributed by atoms with van der Waals surface area (Å²) < 4.78 is 0. The smallest absolute Gasteiger partial charge is 0.253 e. The van der Waals surface area contributed by atoms with Gasteiger partial charge in [-0.25, -0.2) is 0 Å². The van der Waals surface area contributed by atoms with Crippen molar-refractivity contribution in [2.45, 2.75) is 18.9 Å². The number of aliphatic hydroxyl groups excluding tert-OH is 1. The number of nitrogens with one attached hydrogen (secondary N) is 2. The van der Waals surface area contributed by atoms with Crippen LogP contribution in [0.2, 0.25) is 0 Å². The summed E-state index contributed by atoms with van der Waals surface area (Å²) in [5, 5.41) is 14.1. The second-order valence-electron chi connectivity index (χ2n) is 4.34. The first-order valence-electron chi connectivity index (χ1n) is 6.34. The maximum atomic E-state index is 12.2. The first kappa shape index (κ1) is 14.0. The van der Waals surface area contributed by atoms with Gasteiger partial charge in [-0.3, -0.25) is 14.6 Å². The molecule has 1 atom stereocenters. The fourth-order valence-corrected chi connectivity index (χ4v) is 1.97. The molecule has 1 unspecified atom stereocenters. The number of rotatable bonds is 2. The summed E-state index contributed by atoms with van der Waals surface area (Å²) in [5.41, 5.74) is 0.773. The van der Waals surface area contributed by atoms with Crippen LogP contribution < -0.4 is 10.6 Å². The molecule has 1 aromatic rings. The van der Waals surface area contributed by atoms with E-state index in [4.69, 9.17) is 5.11 Å². The molecule has 1 aliphatic heterocycles. The van der Waals surface area contributed by atoms with Gasteiger partial charge < -0.3 is 15.7 Å². The van der Waals surface area contributed by atoms with Crippen molar-refractivity contribution in [1.82, 2.24) is 15.6 Å². The van der Waals surface area contributed by atoms with Gasteiger partial charge in [-0.2, -0.15) is 0 Å². The van der Waals surface area contributed by atoms with Gasteiger partial charge >= 0.3 is 0 Å². The lowest BCUT2D eigenvalue weighted by Gasteiger charge is -2.22. The van der Waals surface area contributed by atoms with Gasteiger partial charge in [0.25, 0.3) is 5.91 Å². The quantitative estimate of drug-likeness (QED) is 0.630. The van der Waals surface area contributed by atoms with Gasteiger partial charge in [-0.05, 0) is 18.9 Å². The van der Waals surface area contributed by atoms with Crippen molar-refractivity contribution in [2.24, 2.45) is 0 Å². The van der Waals surface area contributed by atoms with Crippen LogP contribution in [0.15, 0.2) is 18.5 Å². The Kier molecular flexibility index (Phi) is 4.69. The van der Waals surface area contributed by atoms with Crippen LogP contribution >= 0.6 is 0 Å². The number of amides is 2. The van der Waals surface area contributed by atoms with E-state index in [1.807, 2.05) is 0 Å². The summed E-state index contributed by atoms with van der Waals surface area (Å²) in [5.74, 6) is 4.62. The third-order valence-electron chi connectivity index (χ3n) is 2.96. The van der Waals surface area contributed by atoms with E-state index in [0.717, 1.165) is 6.42 Å². The molecule has 0 aromatic carbocycles. The molecule has 0 radical (unpaired) electrons. The Morgan fingerprint density at radius 2 is 2.45 bits per heavy atom. The van der Waals surface area contributed by atoms with Crippen LogP contribution in [0.5, 0.6) is 0 Å². The average Bonchev–Trinajstić information content (AvgIpc) is 2.47. The molecule has 104 valence electrons. The molecule has 6 heteroatoms. The summed E-state index contributed by atoms with van der Waals surface area (Å²) in [7, 11) is 0. The third-order valence-corrected chi connectivity index (χ3v) is 2.96. The molecule has 2 rings (SSSR count). The van der Waals surface area contributed by atoms with Crippen LogP contribution in [0.4, 0.5) is 0 Å². The molecular formula is C14H15N3O3. The first-order chi connectivity index (χ1) is 9.72. The molecule has 0 bridgehead atoms. The Bertz CT molecular complexity index is 575. The Hall–Kier alpha value is -2.39. The Morgan fingerprint density at radius 1 is 1.60 bits per heavy atom. The fraction of sp³-hybridized carbons (Fsp3) is 0.357. The highest BCUT2D eigenvalue weighted by atomic mass is 16.2. The van der Waals surface area contributed by atoms with E-state index in [1.54, 1.807) is 0 Å². The van der Waals surface area contributed by atoms with Crippen molar-refractivity contribution in [3.63, 3.8) is 0 Å². The van der Waals surface area contributed by atoms with Gasteiger partial charge in [0, 0.05) is 18.9 Å². The lowest BCUT2D eigenvalue weighted by molar-refractivity contribution is -0.124. The van der Waals surface area contributed by atoms with Crippen molar-refractivity contribution in [3.8, 4) is 11.8 Å². The van der Waals surface area contributed by atoms with E-state index in [-0.39, 0.29) is 18.4 Å². The molecule has 6 nitrogen and oxygen atoms in total. The lowest BCUT2D eigenvalue weighted by Crippen LogP contribution is -2.50. The molecule has 1 fully saturated rings. The summed E-state index contributed by atoms with van der Waals surface area (Å²) in [4.78, 5) is 27.7. The number of hydrogen-bond acceptors (Lipinski definition) is 4. The van der Waals surface area contributed by atoms with Gasteiger partial charge in [0.15, 0.2) is 0 Å². The molecule has 0 aliphatic carbocycles. The Labute approximate surface area is 116 Å². The number of pyridine rings is 1. The molecule has 1 saturated heterocycles. The van der Waals surface area contributed by atoms with Crippen LogP contribution in [-0.4, -0.2) is 41.1 Å². The van der Waals surface area contributed by atoms with Crippen LogP contribution in [0.25, 0.3) is 0 Å². The molecule has 2 heterocycles.